The van der Waals surface area contributed by atoms with E-state index in [0.717, 1.165) is 12.8 Å². The van der Waals surface area contributed by atoms with Gasteiger partial charge in [0.05, 0.1) is 10.6 Å². The number of benzene rings is 1. The molecule has 0 bridgehead atoms. The fourth-order valence-electron chi connectivity index (χ4n) is 1.76. The third kappa shape index (κ3) is 3.82. The summed E-state index contributed by atoms with van der Waals surface area (Å²) in [6, 6.07) is 7.22. The standard InChI is InChI=1S/C13H21NO2S/c1-3-17(15,16)13-8-6-12(7-9-13)11(2)5-4-10-14/h6-9,11H,3-5,10,14H2,1-2H3. The average molecular weight is 255 g/mol. The zero-order chi connectivity index (χ0) is 12.9. The molecule has 0 saturated heterocycles. The molecule has 0 fully saturated rings. The molecule has 1 unspecified atom stereocenters. The van der Waals surface area contributed by atoms with Crippen LogP contribution in [0.25, 0.3) is 0 Å². The van der Waals surface area contributed by atoms with Gasteiger partial charge in [0, 0.05) is 0 Å². The molecule has 4 heteroatoms. The monoisotopic (exact) mass is 255 g/mol. The highest BCUT2D eigenvalue weighted by atomic mass is 32.2. The largest absolute Gasteiger partial charge is 0.330 e. The van der Waals surface area contributed by atoms with Gasteiger partial charge in [-0.3, -0.25) is 0 Å². The highest BCUT2D eigenvalue weighted by Gasteiger charge is 2.12. The molecular weight excluding hydrogens is 234 g/mol. The Morgan fingerprint density at radius 1 is 1.24 bits per heavy atom. The van der Waals surface area contributed by atoms with Crippen LogP contribution in [0, 0.1) is 0 Å². The van der Waals surface area contributed by atoms with Crippen molar-refractivity contribution in [3.8, 4) is 0 Å². The lowest BCUT2D eigenvalue weighted by atomic mass is 9.96. The quantitative estimate of drug-likeness (QED) is 0.848. The molecule has 0 aromatic heterocycles. The van der Waals surface area contributed by atoms with Crippen LogP contribution in [-0.2, 0) is 9.84 Å². The van der Waals surface area contributed by atoms with Crippen LogP contribution in [-0.4, -0.2) is 20.7 Å². The third-order valence-electron chi connectivity index (χ3n) is 3.03. The van der Waals surface area contributed by atoms with Crippen molar-refractivity contribution in [3.05, 3.63) is 29.8 Å². The Labute approximate surface area is 104 Å². The van der Waals surface area contributed by atoms with Gasteiger partial charge in [0.2, 0.25) is 0 Å². The predicted molar refractivity (Wildman–Crippen MR) is 70.9 cm³/mol. The highest BCUT2D eigenvalue weighted by Crippen LogP contribution is 2.22. The molecule has 1 aromatic carbocycles. The predicted octanol–water partition coefficient (Wildman–Crippen LogP) is 2.32. The normalized spacial score (nSPS) is 13.6. The first-order valence-corrected chi connectivity index (χ1v) is 7.69. The van der Waals surface area contributed by atoms with Gasteiger partial charge in [-0.2, -0.15) is 0 Å². The summed E-state index contributed by atoms with van der Waals surface area (Å²) in [5.41, 5.74) is 6.65. The first-order chi connectivity index (χ1) is 8.01. The van der Waals surface area contributed by atoms with Gasteiger partial charge in [0.15, 0.2) is 9.84 Å². The minimum Gasteiger partial charge on any atom is -0.330 e. The Hall–Kier alpha value is -0.870. The summed E-state index contributed by atoms with van der Waals surface area (Å²) >= 11 is 0. The summed E-state index contributed by atoms with van der Waals surface area (Å²) in [5, 5.41) is 0. The molecule has 0 aliphatic heterocycles. The van der Waals surface area contributed by atoms with Crippen molar-refractivity contribution < 1.29 is 8.42 Å². The molecule has 1 rings (SSSR count). The van der Waals surface area contributed by atoms with Crippen molar-refractivity contribution in [2.75, 3.05) is 12.3 Å². The minimum atomic E-state index is -3.08. The fourth-order valence-corrected chi connectivity index (χ4v) is 2.65. The number of hydrogen-bond acceptors (Lipinski definition) is 3. The lowest BCUT2D eigenvalue weighted by Crippen LogP contribution is -2.05. The molecule has 96 valence electrons. The van der Waals surface area contributed by atoms with E-state index >= 15 is 0 Å². The molecule has 0 radical (unpaired) electrons. The first-order valence-electron chi connectivity index (χ1n) is 6.04. The number of rotatable bonds is 6. The fraction of sp³-hybridized carbons (Fsp3) is 0.538. The maximum absolute atomic E-state index is 11.6. The lowest BCUT2D eigenvalue weighted by molar-refractivity contribution is 0.597. The molecule has 0 aliphatic carbocycles. The van der Waals surface area contributed by atoms with E-state index in [1.54, 1.807) is 19.1 Å². The molecule has 0 spiro atoms. The number of sulfone groups is 1. The minimum absolute atomic E-state index is 0.148. The number of nitrogens with two attached hydrogens (primary N) is 1. The molecule has 0 aliphatic rings. The van der Waals surface area contributed by atoms with Crippen molar-refractivity contribution in [2.24, 2.45) is 5.73 Å². The zero-order valence-electron chi connectivity index (χ0n) is 10.5. The number of hydrogen-bond donors (Lipinski definition) is 1. The van der Waals surface area contributed by atoms with Crippen LogP contribution in [0.4, 0.5) is 0 Å². The van der Waals surface area contributed by atoms with Crippen molar-refractivity contribution in [2.45, 2.75) is 37.5 Å². The Kier molecular flexibility index (Phi) is 5.15. The van der Waals surface area contributed by atoms with E-state index in [1.807, 2.05) is 12.1 Å². The molecular formula is C13H21NO2S. The molecule has 1 aromatic rings. The molecule has 0 heterocycles. The molecule has 1 atom stereocenters. The van der Waals surface area contributed by atoms with E-state index in [4.69, 9.17) is 5.73 Å². The Balaban J connectivity index is 2.81. The average Bonchev–Trinajstić information content (AvgIpc) is 2.36. The summed E-state index contributed by atoms with van der Waals surface area (Å²) in [4.78, 5) is 0.412. The zero-order valence-corrected chi connectivity index (χ0v) is 11.3. The second kappa shape index (κ2) is 6.17. The van der Waals surface area contributed by atoms with Crippen LogP contribution < -0.4 is 5.73 Å². The van der Waals surface area contributed by atoms with Gasteiger partial charge in [-0.25, -0.2) is 8.42 Å². The van der Waals surface area contributed by atoms with Crippen molar-refractivity contribution in [1.29, 1.82) is 0 Å². The molecule has 3 nitrogen and oxygen atoms in total. The SMILES string of the molecule is CCS(=O)(=O)c1ccc(C(C)CCCN)cc1. The Morgan fingerprint density at radius 2 is 1.82 bits per heavy atom. The van der Waals surface area contributed by atoms with Gasteiger partial charge in [-0.05, 0) is 43.0 Å². The van der Waals surface area contributed by atoms with Gasteiger partial charge in [-0.1, -0.05) is 26.0 Å². The van der Waals surface area contributed by atoms with E-state index in [9.17, 15) is 8.42 Å². The summed E-state index contributed by atoms with van der Waals surface area (Å²) in [7, 11) is -3.08. The van der Waals surface area contributed by atoms with Crippen LogP contribution in [0.2, 0.25) is 0 Å². The van der Waals surface area contributed by atoms with Gasteiger partial charge < -0.3 is 5.73 Å². The van der Waals surface area contributed by atoms with Crippen LogP contribution in [0.5, 0.6) is 0 Å². The van der Waals surface area contributed by atoms with Crippen molar-refractivity contribution in [3.63, 3.8) is 0 Å². The maximum Gasteiger partial charge on any atom is 0.178 e. The molecule has 17 heavy (non-hydrogen) atoms. The van der Waals surface area contributed by atoms with Gasteiger partial charge in [0.25, 0.3) is 0 Å². The topological polar surface area (TPSA) is 60.2 Å². The second-order valence-corrected chi connectivity index (χ2v) is 6.58. The molecule has 2 N–H and O–H groups in total. The summed E-state index contributed by atoms with van der Waals surface area (Å²) in [6.45, 7) is 4.50. The van der Waals surface area contributed by atoms with Crippen molar-refractivity contribution >= 4 is 9.84 Å². The second-order valence-electron chi connectivity index (χ2n) is 4.30. The van der Waals surface area contributed by atoms with Gasteiger partial charge in [-0.15, -0.1) is 0 Å². The van der Waals surface area contributed by atoms with Crippen LogP contribution in [0.15, 0.2) is 29.2 Å². The van der Waals surface area contributed by atoms with E-state index in [1.165, 1.54) is 5.56 Å². The lowest BCUT2D eigenvalue weighted by Gasteiger charge is -2.11. The van der Waals surface area contributed by atoms with Gasteiger partial charge >= 0.3 is 0 Å². The third-order valence-corrected chi connectivity index (χ3v) is 4.78. The smallest absolute Gasteiger partial charge is 0.178 e. The molecule has 0 amide bonds. The summed E-state index contributed by atoms with van der Waals surface area (Å²) in [5.74, 6) is 0.576. The summed E-state index contributed by atoms with van der Waals surface area (Å²) in [6.07, 6.45) is 2.03. The van der Waals surface area contributed by atoms with Crippen LogP contribution >= 0.6 is 0 Å². The maximum atomic E-state index is 11.6. The van der Waals surface area contributed by atoms with E-state index in [0.29, 0.717) is 17.4 Å². The van der Waals surface area contributed by atoms with E-state index in [2.05, 4.69) is 6.92 Å². The Bertz CT molecular complexity index is 437. The van der Waals surface area contributed by atoms with Crippen LogP contribution in [0.1, 0.15) is 38.2 Å². The van der Waals surface area contributed by atoms with E-state index < -0.39 is 9.84 Å². The first kappa shape index (κ1) is 14.2. The summed E-state index contributed by atoms with van der Waals surface area (Å²) < 4.78 is 23.3. The Morgan fingerprint density at radius 3 is 2.29 bits per heavy atom. The highest BCUT2D eigenvalue weighted by molar-refractivity contribution is 7.91. The van der Waals surface area contributed by atoms with Crippen molar-refractivity contribution in [1.82, 2.24) is 0 Å². The van der Waals surface area contributed by atoms with Gasteiger partial charge in [0.1, 0.15) is 0 Å². The molecule has 0 saturated carbocycles. The van der Waals surface area contributed by atoms with E-state index in [-0.39, 0.29) is 5.75 Å². The van der Waals surface area contributed by atoms with Crippen LogP contribution in [0.3, 0.4) is 0 Å².